The van der Waals surface area contributed by atoms with E-state index in [1.54, 1.807) is 24.3 Å². The average molecular weight is 455 g/mol. The van der Waals surface area contributed by atoms with Gasteiger partial charge in [0.1, 0.15) is 0 Å². The first-order valence-corrected chi connectivity index (χ1v) is 10.2. The van der Waals surface area contributed by atoms with Gasteiger partial charge >= 0.3 is 6.18 Å². The number of anilines is 1. The highest BCUT2D eigenvalue weighted by Gasteiger charge is 2.40. The molecule has 0 unspecified atom stereocenters. The Morgan fingerprint density at radius 1 is 1.00 bits per heavy atom. The van der Waals surface area contributed by atoms with Crippen molar-refractivity contribution in [1.29, 1.82) is 0 Å². The molecule has 0 atom stereocenters. The van der Waals surface area contributed by atoms with Crippen LogP contribution in [-0.4, -0.2) is 41.8 Å². The second-order valence-corrected chi connectivity index (χ2v) is 6.89. The third-order valence-electron chi connectivity index (χ3n) is 4.49. The maximum absolute atomic E-state index is 12.8. The van der Waals surface area contributed by atoms with Gasteiger partial charge in [-0.05, 0) is 43.2 Å². The van der Waals surface area contributed by atoms with Crippen molar-refractivity contribution >= 4 is 34.9 Å². The van der Waals surface area contributed by atoms with Gasteiger partial charge in [0, 0.05) is 23.8 Å². The summed E-state index contributed by atoms with van der Waals surface area (Å²) in [5.41, 5.74) is 0.210. The summed E-state index contributed by atoms with van der Waals surface area (Å²) in [6.07, 6.45) is -4.09. The molecule has 1 aliphatic heterocycles. The Morgan fingerprint density at radius 3 is 2.13 bits per heavy atom. The lowest BCUT2D eigenvalue weighted by Gasteiger charge is -2.15. The minimum absolute atomic E-state index is 0.0220. The zero-order chi connectivity index (χ0) is 23.2. The summed E-state index contributed by atoms with van der Waals surface area (Å²) in [7, 11) is 0. The summed E-state index contributed by atoms with van der Waals surface area (Å²) in [5, 5.41) is 2.81. The molecule has 0 aliphatic carbocycles. The van der Waals surface area contributed by atoms with E-state index in [1.165, 1.54) is 12.1 Å². The number of carbonyl (C=O) groups excluding carboxylic acids is 3. The van der Waals surface area contributed by atoms with E-state index in [2.05, 4.69) is 5.32 Å². The summed E-state index contributed by atoms with van der Waals surface area (Å²) < 4.78 is 38.3. The number of alkyl halides is 3. The molecule has 31 heavy (non-hydrogen) atoms. The number of halogens is 4. The molecular formula is C22H22ClF3N2O3. The third-order valence-corrected chi connectivity index (χ3v) is 4.72. The summed E-state index contributed by atoms with van der Waals surface area (Å²) in [5.74, 6) is -2.68. The van der Waals surface area contributed by atoms with E-state index in [-0.39, 0.29) is 35.6 Å². The first kappa shape index (κ1) is 24.4. The number of rotatable bonds is 7. The summed E-state index contributed by atoms with van der Waals surface area (Å²) in [4.78, 5) is 37.3. The van der Waals surface area contributed by atoms with Crippen molar-refractivity contribution in [1.82, 2.24) is 4.90 Å². The van der Waals surface area contributed by atoms with E-state index in [1.807, 2.05) is 13.8 Å². The normalized spacial score (nSPS) is 12.9. The number of Topliss-reactive ketones (excluding diaryl/α,β-unsaturated/α-hetero) is 1. The molecule has 9 heteroatoms. The quantitative estimate of drug-likeness (QED) is 0.336. The van der Waals surface area contributed by atoms with Crippen molar-refractivity contribution in [2.45, 2.75) is 32.9 Å². The van der Waals surface area contributed by atoms with Crippen LogP contribution in [0.1, 0.15) is 57.8 Å². The lowest BCUT2D eigenvalue weighted by Crippen LogP contribution is -2.31. The van der Waals surface area contributed by atoms with Gasteiger partial charge in [-0.1, -0.05) is 37.6 Å². The molecule has 0 bridgehead atoms. The van der Waals surface area contributed by atoms with Crippen LogP contribution in [0.4, 0.5) is 18.9 Å². The highest BCUT2D eigenvalue weighted by Crippen LogP contribution is 2.29. The Balaban J connectivity index is 0.00000166. The van der Waals surface area contributed by atoms with E-state index in [4.69, 9.17) is 11.6 Å². The van der Waals surface area contributed by atoms with Crippen LogP contribution in [0.25, 0.3) is 0 Å². The Hall–Kier alpha value is -2.87. The first-order valence-electron chi connectivity index (χ1n) is 9.80. The number of nitrogens with one attached hydrogen (secondary N) is 1. The summed E-state index contributed by atoms with van der Waals surface area (Å²) >= 11 is 5.72. The smallest absolute Gasteiger partial charge is 0.384 e. The molecule has 2 amide bonds. The number of hydrogen-bond donors (Lipinski definition) is 1. The number of benzene rings is 2. The van der Waals surface area contributed by atoms with Crippen LogP contribution < -0.4 is 5.32 Å². The van der Waals surface area contributed by atoms with E-state index in [0.29, 0.717) is 24.0 Å². The maximum atomic E-state index is 12.8. The molecule has 3 rings (SSSR count). The fraction of sp³-hybridized carbons (Fsp3) is 0.318. The van der Waals surface area contributed by atoms with Crippen molar-refractivity contribution in [3.05, 3.63) is 64.2 Å². The Bertz CT molecular complexity index is 942. The van der Waals surface area contributed by atoms with Crippen LogP contribution in [-0.2, 0) is 0 Å². The van der Waals surface area contributed by atoms with E-state index >= 15 is 0 Å². The second kappa shape index (κ2) is 10.4. The van der Waals surface area contributed by atoms with Gasteiger partial charge in [-0.3, -0.25) is 19.3 Å². The molecule has 0 spiro atoms. The zero-order valence-electron chi connectivity index (χ0n) is 17.1. The van der Waals surface area contributed by atoms with Gasteiger partial charge in [-0.15, -0.1) is 0 Å². The van der Waals surface area contributed by atoms with Crippen molar-refractivity contribution < 1.29 is 27.6 Å². The largest absolute Gasteiger partial charge is 0.454 e. The molecule has 1 heterocycles. The highest BCUT2D eigenvalue weighted by molar-refractivity contribution is 6.31. The third kappa shape index (κ3) is 5.64. The van der Waals surface area contributed by atoms with Crippen molar-refractivity contribution in [2.75, 3.05) is 18.4 Å². The summed E-state index contributed by atoms with van der Waals surface area (Å²) in [6.45, 7) is 4.45. The summed E-state index contributed by atoms with van der Waals surface area (Å²) in [6, 6.07) is 10.2. The molecular weight excluding hydrogens is 433 g/mol. The molecule has 0 saturated heterocycles. The number of ketones is 1. The van der Waals surface area contributed by atoms with Crippen LogP contribution in [0.3, 0.4) is 0 Å². The van der Waals surface area contributed by atoms with Crippen LogP contribution in [0.15, 0.2) is 42.5 Å². The highest BCUT2D eigenvalue weighted by atomic mass is 35.5. The van der Waals surface area contributed by atoms with Crippen LogP contribution in [0.2, 0.25) is 5.02 Å². The maximum Gasteiger partial charge on any atom is 0.454 e. The molecule has 0 saturated carbocycles. The Morgan fingerprint density at radius 2 is 1.58 bits per heavy atom. The fourth-order valence-electron chi connectivity index (χ4n) is 3.07. The lowest BCUT2D eigenvalue weighted by molar-refractivity contribution is -0.0884. The van der Waals surface area contributed by atoms with Crippen molar-refractivity contribution in [3.8, 4) is 0 Å². The molecule has 1 aliphatic rings. The molecule has 2 aromatic rings. The standard InChI is InChI=1S/C20H16ClF3N2O3.C2H6/c21-12-7-8-16(15(11-12)17(27)20(22,23)24)25-9-3-4-10-26-18(28)13-5-1-2-6-14(13)19(26)29;1-2/h1-2,5-8,11,25H,3-4,9-10H2;1-2H3. The second-order valence-electron chi connectivity index (χ2n) is 6.46. The average Bonchev–Trinajstić information content (AvgIpc) is 2.99. The van der Waals surface area contributed by atoms with Crippen molar-refractivity contribution in [3.63, 3.8) is 0 Å². The number of carbonyl (C=O) groups is 3. The number of imide groups is 1. The minimum Gasteiger partial charge on any atom is -0.384 e. The van der Waals surface area contributed by atoms with Gasteiger partial charge in [0.2, 0.25) is 0 Å². The zero-order valence-corrected chi connectivity index (χ0v) is 17.8. The molecule has 0 radical (unpaired) electrons. The first-order chi connectivity index (χ1) is 14.7. The van der Waals surface area contributed by atoms with Gasteiger partial charge in [0.15, 0.2) is 0 Å². The fourth-order valence-corrected chi connectivity index (χ4v) is 3.24. The minimum atomic E-state index is -5.01. The van der Waals surface area contributed by atoms with E-state index in [9.17, 15) is 27.6 Å². The topological polar surface area (TPSA) is 66.5 Å². The van der Waals surface area contributed by atoms with Crippen LogP contribution in [0, 0.1) is 0 Å². The van der Waals surface area contributed by atoms with Gasteiger partial charge < -0.3 is 5.32 Å². The number of hydrogen-bond acceptors (Lipinski definition) is 4. The molecule has 1 N–H and O–H groups in total. The van der Waals surface area contributed by atoms with Crippen LogP contribution in [0.5, 0.6) is 0 Å². The van der Waals surface area contributed by atoms with Gasteiger partial charge in [0.05, 0.1) is 16.7 Å². The number of amides is 2. The van der Waals surface area contributed by atoms with Gasteiger partial charge in [0.25, 0.3) is 17.6 Å². The molecule has 166 valence electrons. The molecule has 5 nitrogen and oxygen atoms in total. The Labute approximate surface area is 183 Å². The van der Waals surface area contributed by atoms with E-state index < -0.39 is 17.5 Å². The predicted octanol–water partition coefficient (Wildman–Crippen LogP) is 5.60. The van der Waals surface area contributed by atoms with Crippen molar-refractivity contribution in [2.24, 2.45) is 0 Å². The lowest BCUT2D eigenvalue weighted by atomic mass is 10.1. The van der Waals surface area contributed by atoms with Crippen LogP contribution >= 0.6 is 11.6 Å². The van der Waals surface area contributed by atoms with Gasteiger partial charge in [-0.2, -0.15) is 13.2 Å². The molecule has 2 aromatic carbocycles. The molecule has 0 fully saturated rings. The number of unbranched alkanes of at least 4 members (excludes halogenated alkanes) is 1. The predicted molar refractivity (Wildman–Crippen MR) is 113 cm³/mol. The number of fused-ring (bicyclic) bond motifs is 1. The van der Waals surface area contributed by atoms with E-state index in [0.717, 1.165) is 11.0 Å². The number of nitrogens with zero attached hydrogens (tertiary/aromatic N) is 1. The monoisotopic (exact) mass is 454 g/mol. The Kier molecular flexibility index (Phi) is 8.21. The SMILES string of the molecule is CC.O=C1c2ccccc2C(=O)N1CCCCNc1ccc(Cl)cc1C(=O)C(F)(F)F. The van der Waals surface area contributed by atoms with Gasteiger partial charge in [-0.25, -0.2) is 0 Å². The molecule has 0 aromatic heterocycles.